The number of hydrogen-bond donors (Lipinski definition) is 0. The average Bonchev–Trinajstić information content (AvgIpc) is 2.52. The van der Waals surface area contributed by atoms with Gasteiger partial charge in [-0.15, -0.1) is 6.58 Å². The summed E-state index contributed by atoms with van der Waals surface area (Å²) in [7, 11) is 1.77. The zero-order valence-corrected chi connectivity index (χ0v) is 13.5. The van der Waals surface area contributed by atoms with E-state index in [1.807, 2.05) is 54.6 Å². The van der Waals surface area contributed by atoms with Crippen LogP contribution in [-0.4, -0.2) is 19.6 Å². The third-order valence-corrected chi connectivity index (χ3v) is 3.78. The van der Waals surface area contributed by atoms with Crippen molar-refractivity contribution < 1.29 is 4.79 Å². The molecule has 0 fully saturated rings. The molecule has 2 aromatic carbocycles. The molecule has 2 aromatic rings. The van der Waals surface area contributed by atoms with Crippen molar-refractivity contribution in [3.05, 3.63) is 71.7 Å². The van der Waals surface area contributed by atoms with Crippen LogP contribution >= 0.6 is 15.9 Å². The molecule has 0 unspecified atom stereocenters. The van der Waals surface area contributed by atoms with E-state index < -0.39 is 0 Å². The number of nitrogens with zero attached hydrogens (tertiary/aromatic N) is 2. The third-order valence-electron chi connectivity index (χ3n) is 3.11. The Morgan fingerprint density at radius 1 is 1.14 bits per heavy atom. The molecule has 0 spiro atoms. The number of urea groups is 1. The molecule has 0 bridgehead atoms. The molecule has 0 aromatic heterocycles. The van der Waals surface area contributed by atoms with Crippen molar-refractivity contribution in [3.8, 4) is 0 Å². The molecule has 0 radical (unpaired) electrons. The Hall–Kier alpha value is -2.07. The molecule has 0 aliphatic heterocycles. The summed E-state index contributed by atoms with van der Waals surface area (Å²) in [4.78, 5) is 16.1. The van der Waals surface area contributed by atoms with Crippen LogP contribution in [0.5, 0.6) is 0 Å². The molecular formula is C17H17BrN2O. The highest BCUT2D eigenvalue weighted by Gasteiger charge is 2.20. The van der Waals surface area contributed by atoms with Gasteiger partial charge in [-0.25, -0.2) is 4.79 Å². The van der Waals surface area contributed by atoms with Gasteiger partial charge >= 0.3 is 6.03 Å². The van der Waals surface area contributed by atoms with Crippen LogP contribution in [0.25, 0.3) is 0 Å². The summed E-state index contributed by atoms with van der Waals surface area (Å²) >= 11 is 3.48. The lowest BCUT2D eigenvalue weighted by Gasteiger charge is -2.28. The lowest BCUT2D eigenvalue weighted by Crippen LogP contribution is -2.41. The van der Waals surface area contributed by atoms with Crippen molar-refractivity contribution in [1.29, 1.82) is 0 Å². The fraction of sp³-hybridized carbons (Fsp3) is 0.118. The fourth-order valence-electron chi connectivity index (χ4n) is 2.04. The predicted molar refractivity (Wildman–Crippen MR) is 91.9 cm³/mol. The normalized spacial score (nSPS) is 10.0. The summed E-state index contributed by atoms with van der Waals surface area (Å²) in [5, 5.41) is 0. The van der Waals surface area contributed by atoms with Crippen LogP contribution in [0.3, 0.4) is 0 Å². The first-order valence-electron chi connectivity index (χ1n) is 6.61. The number of amides is 2. The number of para-hydroxylation sites is 2. The average molecular weight is 345 g/mol. The second-order valence-corrected chi connectivity index (χ2v) is 5.38. The number of carbonyl (C=O) groups is 1. The maximum Gasteiger partial charge on any atom is 0.329 e. The van der Waals surface area contributed by atoms with Gasteiger partial charge in [0.25, 0.3) is 0 Å². The van der Waals surface area contributed by atoms with Crippen LogP contribution in [-0.2, 0) is 0 Å². The molecule has 0 saturated carbocycles. The summed E-state index contributed by atoms with van der Waals surface area (Å²) in [6, 6.07) is 17.1. The molecule has 0 N–H and O–H groups in total. The van der Waals surface area contributed by atoms with E-state index in [2.05, 4.69) is 22.5 Å². The highest BCUT2D eigenvalue weighted by molar-refractivity contribution is 9.10. The van der Waals surface area contributed by atoms with Crippen molar-refractivity contribution in [2.75, 3.05) is 23.4 Å². The number of anilines is 2. The Balaban J connectivity index is 2.31. The maximum absolute atomic E-state index is 12.8. The SMILES string of the molecule is C=CCN(C(=O)N(C)c1ccccc1Br)c1ccccc1. The molecule has 0 aliphatic carbocycles. The Morgan fingerprint density at radius 2 is 1.76 bits per heavy atom. The van der Waals surface area contributed by atoms with Gasteiger partial charge in [0.2, 0.25) is 0 Å². The van der Waals surface area contributed by atoms with Gasteiger partial charge in [0.15, 0.2) is 0 Å². The van der Waals surface area contributed by atoms with E-state index in [9.17, 15) is 4.79 Å². The topological polar surface area (TPSA) is 23.6 Å². The Morgan fingerprint density at radius 3 is 2.38 bits per heavy atom. The molecule has 4 heteroatoms. The molecule has 0 atom stereocenters. The van der Waals surface area contributed by atoms with Crippen LogP contribution < -0.4 is 9.80 Å². The number of hydrogen-bond acceptors (Lipinski definition) is 1. The summed E-state index contributed by atoms with van der Waals surface area (Å²) in [5.41, 5.74) is 1.67. The van der Waals surface area contributed by atoms with Crippen molar-refractivity contribution in [2.45, 2.75) is 0 Å². The van der Waals surface area contributed by atoms with Crippen molar-refractivity contribution in [1.82, 2.24) is 0 Å². The number of halogens is 1. The zero-order valence-electron chi connectivity index (χ0n) is 11.9. The van der Waals surface area contributed by atoms with E-state index in [1.54, 1.807) is 22.9 Å². The second-order valence-electron chi connectivity index (χ2n) is 4.53. The van der Waals surface area contributed by atoms with Gasteiger partial charge in [-0.3, -0.25) is 9.80 Å². The van der Waals surface area contributed by atoms with Gasteiger partial charge in [-0.1, -0.05) is 36.4 Å². The molecule has 3 nitrogen and oxygen atoms in total. The first-order valence-corrected chi connectivity index (χ1v) is 7.40. The molecule has 2 rings (SSSR count). The van der Waals surface area contributed by atoms with Crippen molar-refractivity contribution in [2.24, 2.45) is 0 Å². The molecule has 21 heavy (non-hydrogen) atoms. The van der Waals surface area contributed by atoms with Gasteiger partial charge in [0.1, 0.15) is 0 Å². The Kier molecular flexibility index (Phi) is 5.17. The minimum Gasteiger partial charge on any atom is -0.296 e. The lowest BCUT2D eigenvalue weighted by molar-refractivity contribution is 0.253. The summed E-state index contributed by atoms with van der Waals surface area (Å²) in [5.74, 6) is 0. The van der Waals surface area contributed by atoms with E-state index in [0.717, 1.165) is 15.8 Å². The van der Waals surface area contributed by atoms with Crippen LogP contribution in [0.15, 0.2) is 71.7 Å². The highest BCUT2D eigenvalue weighted by atomic mass is 79.9. The van der Waals surface area contributed by atoms with E-state index in [4.69, 9.17) is 0 Å². The van der Waals surface area contributed by atoms with E-state index in [0.29, 0.717) is 6.54 Å². The van der Waals surface area contributed by atoms with Crippen LogP contribution in [0, 0.1) is 0 Å². The van der Waals surface area contributed by atoms with E-state index >= 15 is 0 Å². The monoisotopic (exact) mass is 344 g/mol. The minimum absolute atomic E-state index is 0.104. The Bertz CT molecular complexity index is 628. The fourth-order valence-corrected chi connectivity index (χ4v) is 2.59. The number of carbonyl (C=O) groups excluding carboxylic acids is 1. The minimum atomic E-state index is -0.104. The first kappa shape index (κ1) is 15.3. The van der Waals surface area contributed by atoms with Crippen LogP contribution in [0.2, 0.25) is 0 Å². The largest absolute Gasteiger partial charge is 0.329 e. The lowest BCUT2D eigenvalue weighted by atomic mass is 10.2. The number of benzene rings is 2. The smallest absolute Gasteiger partial charge is 0.296 e. The first-order chi connectivity index (χ1) is 10.1. The van der Waals surface area contributed by atoms with Gasteiger partial charge in [-0.05, 0) is 40.2 Å². The second kappa shape index (κ2) is 7.09. The third kappa shape index (κ3) is 3.52. The zero-order chi connectivity index (χ0) is 15.2. The van der Waals surface area contributed by atoms with Gasteiger partial charge in [0, 0.05) is 23.8 Å². The van der Waals surface area contributed by atoms with Gasteiger partial charge < -0.3 is 0 Å². The van der Waals surface area contributed by atoms with Gasteiger partial charge in [0.05, 0.1) is 5.69 Å². The summed E-state index contributed by atoms with van der Waals surface area (Å²) in [6.07, 6.45) is 1.72. The van der Waals surface area contributed by atoms with Crippen molar-refractivity contribution in [3.63, 3.8) is 0 Å². The molecular weight excluding hydrogens is 328 g/mol. The molecule has 0 aliphatic rings. The van der Waals surface area contributed by atoms with Crippen molar-refractivity contribution >= 4 is 33.3 Å². The molecule has 0 saturated heterocycles. The highest BCUT2D eigenvalue weighted by Crippen LogP contribution is 2.26. The predicted octanol–water partition coefficient (Wildman–Crippen LogP) is 4.70. The number of rotatable bonds is 4. The molecule has 0 heterocycles. The standard InChI is InChI=1S/C17H17BrN2O/c1-3-13-20(14-9-5-4-6-10-14)17(21)19(2)16-12-8-7-11-15(16)18/h3-12H,1,13H2,2H3. The van der Waals surface area contributed by atoms with Gasteiger partial charge in [-0.2, -0.15) is 0 Å². The molecule has 108 valence electrons. The molecule has 2 amide bonds. The van der Waals surface area contributed by atoms with E-state index in [1.165, 1.54) is 0 Å². The maximum atomic E-state index is 12.8. The summed E-state index contributed by atoms with van der Waals surface area (Å²) < 4.78 is 0.882. The van der Waals surface area contributed by atoms with E-state index in [-0.39, 0.29) is 6.03 Å². The Labute approximate surface area is 133 Å². The van der Waals surface area contributed by atoms with Crippen LogP contribution in [0.1, 0.15) is 0 Å². The van der Waals surface area contributed by atoms with Crippen LogP contribution in [0.4, 0.5) is 16.2 Å². The quantitative estimate of drug-likeness (QED) is 0.737. The summed E-state index contributed by atoms with van der Waals surface area (Å²) in [6.45, 7) is 4.19.